The molecule has 1 aliphatic carbocycles. The minimum absolute atomic E-state index is 0.311. The zero-order valence-electron chi connectivity index (χ0n) is 12.3. The van der Waals surface area contributed by atoms with E-state index in [1.165, 1.54) is 12.6 Å². The van der Waals surface area contributed by atoms with Gasteiger partial charge in [-0.25, -0.2) is 0 Å². The first-order valence-corrected chi connectivity index (χ1v) is 7.80. The number of carbonyl (C=O) groups excluding carboxylic acids is 1. The quantitative estimate of drug-likeness (QED) is 0.904. The summed E-state index contributed by atoms with van der Waals surface area (Å²) < 4.78 is 0. The van der Waals surface area contributed by atoms with E-state index in [2.05, 4.69) is 16.4 Å². The average Bonchev–Trinajstić information content (AvgIpc) is 2.42. The summed E-state index contributed by atoms with van der Waals surface area (Å²) in [5.74, 6) is -0.311. The molecule has 1 aromatic heterocycles. The molecule has 1 amide bonds. The third-order valence-corrected chi connectivity index (χ3v) is 4.32. The van der Waals surface area contributed by atoms with Gasteiger partial charge in [0.25, 0.3) is 5.91 Å². The lowest BCUT2D eigenvalue weighted by Gasteiger charge is -2.29. The first-order chi connectivity index (χ1) is 10.1. The largest absolute Gasteiger partial charge is 0.334 e. The molecule has 1 fully saturated rings. The van der Waals surface area contributed by atoms with E-state index >= 15 is 0 Å². The maximum Gasteiger partial charge on any atom is 0.255 e. The fourth-order valence-corrected chi connectivity index (χ4v) is 3.04. The van der Waals surface area contributed by atoms with Gasteiger partial charge in [-0.1, -0.05) is 43.7 Å². The number of halogens is 1. The molecule has 0 unspecified atom stereocenters. The van der Waals surface area contributed by atoms with Crippen molar-refractivity contribution in [1.82, 2.24) is 10.3 Å². The van der Waals surface area contributed by atoms with Gasteiger partial charge in [0.1, 0.15) is 5.54 Å². The van der Waals surface area contributed by atoms with Gasteiger partial charge in [0.05, 0.1) is 16.7 Å². The van der Waals surface area contributed by atoms with E-state index in [9.17, 15) is 10.1 Å². The highest BCUT2D eigenvalue weighted by Gasteiger charge is 2.32. The van der Waals surface area contributed by atoms with Crippen LogP contribution in [0.1, 0.15) is 61.0 Å². The predicted octanol–water partition coefficient (Wildman–Crippen LogP) is 3.78. The third kappa shape index (κ3) is 3.95. The molecule has 0 atom stereocenters. The topological polar surface area (TPSA) is 65.8 Å². The van der Waals surface area contributed by atoms with Crippen molar-refractivity contribution in [3.8, 4) is 6.07 Å². The van der Waals surface area contributed by atoms with Gasteiger partial charge in [0.2, 0.25) is 0 Å². The lowest BCUT2D eigenvalue weighted by Crippen LogP contribution is -2.47. The average molecular weight is 306 g/mol. The first-order valence-electron chi connectivity index (χ1n) is 7.42. The molecule has 0 saturated heterocycles. The number of carbonyl (C=O) groups is 1. The maximum atomic E-state index is 12.4. The Balaban J connectivity index is 2.16. The van der Waals surface area contributed by atoms with Crippen molar-refractivity contribution in [2.75, 3.05) is 0 Å². The minimum Gasteiger partial charge on any atom is -0.334 e. The Bertz CT molecular complexity index is 557. The summed E-state index contributed by atoms with van der Waals surface area (Å²) in [6, 6.07) is 3.98. The van der Waals surface area contributed by atoms with Crippen LogP contribution in [0, 0.1) is 18.3 Å². The number of rotatable bonds is 2. The van der Waals surface area contributed by atoms with Crippen molar-refractivity contribution in [3.63, 3.8) is 0 Å². The number of nitriles is 1. The summed E-state index contributed by atoms with van der Waals surface area (Å²) in [5, 5.41) is 12.8. The van der Waals surface area contributed by atoms with Crippen LogP contribution in [0.2, 0.25) is 5.02 Å². The van der Waals surface area contributed by atoms with E-state index in [0.717, 1.165) is 31.4 Å². The first kappa shape index (κ1) is 15.8. The predicted molar refractivity (Wildman–Crippen MR) is 82.1 cm³/mol. The molecular weight excluding hydrogens is 286 g/mol. The Labute approximate surface area is 130 Å². The molecule has 21 heavy (non-hydrogen) atoms. The fraction of sp³-hybridized carbons (Fsp3) is 0.562. The lowest BCUT2D eigenvalue weighted by molar-refractivity contribution is 0.0907. The minimum atomic E-state index is -0.772. The Morgan fingerprint density at radius 2 is 1.95 bits per heavy atom. The van der Waals surface area contributed by atoms with Gasteiger partial charge in [-0.05, 0) is 25.8 Å². The molecule has 0 aromatic carbocycles. The second-order valence-corrected chi connectivity index (χ2v) is 6.13. The molecule has 1 saturated carbocycles. The molecule has 5 heteroatoms. The second-order valence-electron chi connectivity index (χ2n) is 5.72. The Kier molecular flexibility index (Phi) is 5.19. The Hall–Kier alpha value is -1.60. The van der Waals surface area contributed by atoms with Gasteiger partial charge >= 0.3 is 0 Å². The van der Waals surface area contributed by atoms with E-state index in [1.54, 1.807) is 6.07 Å². The zero-order valence-corrected chi connectivity index (χ0v) is 13.0. The van der Waals surface area contributed by atoms with Crippen LogP contribution >= 0.6 is 11.6 Å². The smallest absolute Gasteiger partial charge is 0.255 e. The monoisotopic (exact) mass is 305 g/mol. The third-order valence-electron chi connectivity index (χ3n) is 4.01. The number of nitrogens with one attached hydrogen (secondary N) is 1. The molecule has 0 radical (unpaired) electrons. The van der Waals surface area contributed by atoms with Crippen LogP contribution in [-0.2, 0) is 0 Å². The molecule has 0 aliphatic heterocycles. The molecule has 1 aromatic rings. The highest BCUT2D eigenvalue weighted by molar-refractivity contribution is 6.33. The summed E-state index contributed by atoms with van der Waals surface area (Å²) in [4.78, 5) is 16.5. The van der Waals surface area contributed by atoms with Crippen molar-refractivity contribution < 1.29 is 4.79 Å². The van der Waals surface area contributed by atoms with Crippen LogP contribution < -0.4 is 5.32 Å². The molecule has 1 N–H and O–H groups in total. The number of hydrogen-bond acceptors (Lipinski definition) is 3. The van der Waals surface area contributed by atoms with Crippen LogP contribution in [0.25, 0.3) is 0 Å². The molecule has 1 heterocycles. The number of hydrogen-bond donors (Lipinski definition) is 1. The van der Waals surface area contributed by atoms with Crippen molar-refractivity contribution in [3.05, 3.63) is 28.5 Å². The molecule has 1 aliphatic rings. The van der Waals surface area contributed by atoms with Crippen LogP contribution in [0.4, 0.5) is 0 Å². The van der Waals surface area contributed by atoms with Gasteiger partial charge in [0.15, 0.2) is 0 Å². The van der Waals surface area contributed by atoms with Gasteiger partial charge < -0.3 is 5.32 Å². The van der Waals surface area contributed by atoms with Crippen molar-refractivity contribution >= 4 is 17.5 Å². The molecule has 112 valence electrons. The summed E-state index contributed by atoms with van der Waals surface area (Å²) in [6.45, 7) is 1.82. The van der Waals surface area contributed by atoms with Crippen molar-refractivity contribution in [2.45, 2.75) is 57.4 Å². The molecule has 0 spiro atoms. The standard InChI is InChI=1S/C16H20ClN3O/c1-12-9-14(17)13(10-19-12)15(21)20-16(11-18)7-5-3-2-4-6-8-16/h9-10H,2-8H2,1H3,(H,20,21). The molecule has 2 rings (SSSR count). The molecule has 4 nitrogen and oxygen atoms in total. The Morgan fingerprint density at radius 3 is 2.52 bits per heavy atom. The zero-order chi connectivity index (χ0) is 15.3. The number of nitrogens with zero attached hydrogens (tertiary/aromatic N) is 2. The van der Waals surface area contributed by atoms with Gasteiger partial charge in [-0.15, -0.1) is 0 Å². The van der Waals surface area contributed by atoms with Crippen molar-refractivity contribution in [2.24, 2.45) is 0 Å². The Morgan fingerprint density at radius 1 is 1.33 bits per heavy atom. The summed E-state index contributed by atoms with van der Waals surface area (Å²) >= 11 is 6.11. The number of aryl methyl sites for hydroxylation is 1. The van der Waals surface area contributed by atoms with Crippen LogP contribution in [0.3, 0.4) is 0 Å². The second kappa shape index (κ2) is 6.91. The van der Waals surface area contributed by atoms with E-state index in [-0.39, 0.29) is 5.91 Å². The number of aromatic nitrogens is 1. The van der Waals surface area contributed by atoms with Crippen LogP contribution in [-0.4, -0.2) is 16.4 Å². The van der Waals surface area contributed by atoms with Crippen LogP contribution in [0.5, 0.6) is 0 Å². The molecular formula is C16H20ClN3O. The van der Waals surface area contributed by atoms with Gasteiger partial charge in [0, 0.05) is 11.9 Å². The summed E-state index contributed by atoms with van der Waals surface area (Å²) in [7, 11) is 0. The van der Waals surface area contributed by atoms with E-state index in [0.29, 0.717) is 23.4 Å². The van der Waals surface area contributed by atoms with E-state index in [4.69, 9.17) is 11.6 Å². The van der Waals surface area contributed by atoms with Gasteiger partial charge in [-0.2, -0.15) is 5.26 Å². The number of amides is 1. The summed E-state index contributed by atoms with van der Waals surface area (Å²) in [6.07, 6.45) is 8.25. The highest BCUT2D eigenvalue weighted by atomic mass is 35.5. The molecule has 0 bridgehead atoms. The van der Waals surface area contributed by atoms with Gasteiger partial charge in [-0.3, -0.25) is 9.78 Å². The number of pyridine rings is 1. The highest BCUT2D eigenvalue weighted by Crippen LogP contribution is 2.27. The van der Waals surface area contributed by atoms with Crippen molar-refractivity contribution in [1.29, 1.82) is 5.26 Å². The van der Waals surface area contributed by atoms with Crippen LogP contribution in [0.15, 0.2) is 12.3 Å². The lowest BCUT2D eigenvalue weighted by atomic mass is 9.85. The normalized spacial score (nSPS) is 18.1. The van der Waals surface area contributed by atoms with E-state index < -0.39 is 5.54 Å². The van der Waals surface area contributed by atoms with E-state index in [1.807, 2.05) is 6.92 Å². The fourth-order valence-electron chi connectivity index (χ4n) is 2.75. The summed E-state index contributed by atoms with van der Waals surface area (Å²) in [5.41, 5.74) is 0.322. The SMILES string of the molecule is Cc1cc(Cl)c(C(=O)NC2(C#N)CCCCCCC2)cn1. The maximum absolute atomic E-state index is 12.4.